The van der Waals surface area contributed by atoms with Crippen molar-refractivity contribution in [3.8, 4) is 0 Å². The van der Waals surface area contributed by atoms with E-state index in [-0.39, 0.29) is 6.54 Å². The van der Waals surface area contributed by atoms with E-state index in [0.29, 0.717) is 21.8 Å². The van der Waals surface area contributed by atoms with Gasteiger partial charge in [-0.3, -0.25) is 0 Å². The molecule has 0 fully saturated rings. The smallest absolute Gasteiger partial charge is 0.154 e. The summed E-state index contributed by atoms with van der Waals surface area (Å²) in [6.07, 6.45) is -0.815. The first kappa shape index (κ1) is 12.5. The van der Waals surface area contributed by atoms with E-state index in [4.69, 9.17) is 26.2 Å². The lowest BCUT2D eigenvalue weighted by Gasteiger charge is -2.10. The van der Waals surface area contributed by atoms with Crippen LogP contribution >= 0.6 is 11.6 Å². The van der Waals surface area contributed by atoms with Crippen LogP contribution in [0.15, 0.2) is 21.0 Å². The van der Waals surface area contributed by atoms with Gasteiger partial charge in [-0.05, 0) is 26.0 Å². The number of hydrogen-bond acceptors (Lipinski definition) is 4. The first-order valence-electron chi connectivity index (χ1n) is 6.02. The van der Waals surface area contributed by atoms with E-state index in [9.17, 15) is 5.11 Å². The zero-order valence-corrected chi connectivity index (χ0v) is 11.4. The van der Waals surface area contributed by atoms with Crippen molar-refractivity contribution in [2.24, 2.45) is 5.73 Å². The Hall–Kier alpha value is -1.49. The molecule has 0 spiro atoms. The third kappa shape index (κ3) is 1.75. The van der Waals surface area contributed by atoms with E-state index in [0.717, 1.165) is 22.3 Å². The number of aliphatic hydroxyl groups is 1. The van der Waals surface area contributed by atoms with Crippen LogP contribution in [0, 0.1) is 13.8 Å². The normalized spacial score (nSPS) is 13.5. The number of nitrogens with two attached hydrogens (primary N) is 1. The van der Waals surface area contributed by atoms with E-state index in [1.54, 1.807) is 0 Å². The maximum atomic E-state index is 10.2. The molecule has 1 aromatic carbocycles. The van der Waals surface area contributed by atoms with Crippen LogP contribution in [0.5, 0.6) is 0 Å². The molecule has 3 aromatic rings. The first-order chi connectivity index (χ1) is 9.02. The lowest BCUT2D eigenvalue weighted by atomic mass is 10.0. The number of aryl methyl sites for hydroxylation is 2. The van der Waals surface area contributed by atoms with Gasteiger partial charge in [-0.1, -0.05) is 11.6 Å². The molecule has 0 aliphatic rings. The van der Waals surface area contributed by atoms with Crippen LogP contribution in [0.3, 0.4) is 0 Å². The highest BCUT2D eigenvalue weighted by molar-refractivity contribution is 6.40. The van der Waals surface area contributed by atoms with Crippen molar-refractivity contribution < 1.29 is 13.9 Å². The molecule has 5 heteroatoms. The molecule has 0 saturated carbocycles. The maximum absolute atomic E-state index is 10.2. The fourth-order valence-electron chi connectivity index (χ4n) is 2.45. The predicted molar refractivity (Wildman–Crippen MR) is 74.5 cm³/mol. The average molecular weight is 280 g/mol. The minimum Gasteiger partial charge on any atom is -0.461 e. The second-order valence-electron chi connectivity index (χ2n) is 4.68. The fraction of sp³-hybridized carbons (Fsp3) is 0.286. The largest absolute Gasteiger partial charge is 0.461 e. The van der Waals surface area contributed by atoms with Gasteiger partial charge in [0.15, 0.2) is 5.58 Å². The van der Waals surface area contributed by atoms with Crippen molar-refractivity contribution in [2.45, 2.75) is 20.0 Å². The summed E-state index contributed by atoms with van der Waals surface area (Å²) in [6, 6.07) is 3.68. The van der Waals surface area contributed by atoms with Crippen LogP contribution in [0.4, 0.5) is 0 Å². The summed E-state index contributed by atoms with van der Waals surface area (Å²) in [4.78, 5) is 0. The molecule has 0 saturated heterocycles. The third-order valence-corrected chi connectivity index (χ3v) is 3.61. The minimum atomic E-state index is -0.815. The number of rotatable bonds is 2. The fourth-order valence-corrected chi connectivity index (χ4v) is 2.73. The van der Waals surface area contributed by atoms with Crippen LogP contribution in [0.25, 0.3) is 21.9 Å². The van der Waals surface area contributed by atoms with Crippen LogP contribution in [-0.2, 0) is 0 Å². The van der Waals surface area contributed by atoms with Crippen LogP contribution < -0.4 is 5.73 Å². The van der Waals surface area contributed by atoms with E-state index in [2.05, 4.69) is 0 Å². The molecular formula is C14H14ClNO3. The Balaban J connectivity index is 2.54. The molecule has 3 N–H and O–H groups in total. The van der Waals surface area contributed by atoms with Gasteiger partial charge in [-0.15, -0.1) is 0 Å². The van der Waals surface area contributed by atoms with Gasteiger partial charge in [-0.2, -0.15) is 0 Å². The Bertz CT molecular complexity index is 714. The van der Waals surface area contributed by atoms with Gasteiger partial charge >= 0.3 is 0 Å². The maximum Gasteiger partial charge on any atom is 0.154 e. The molecule has 4 nitrogen and oxygen atoms in total. The highest BCUT2D eigenvalue weighted by Gasteiger charge is 2.23. The Morgan fingerprint density at radius 2 is 1.74 bits per heavy atom. The number of furan rings is 2. The van der Waals surface area contributed by atoms with Crippen molar-refractivity contribution >= 4 is 33.5 Å². The number of fused-ring (bicyclic) bond motifs is 2. The molecule has 0 amide bonds. The third-order valence-electron chi connectivity index (χ3n) is 3.24. The van der Waals surface area contributed by atoms with Gasteiger partial charge in [0, 0.05) is 22.9 Å². The summed E-state index contributed by atoms with van der Waals surface area (Å²) < 4.78 is 11.3. The second kappa shape index (κ2) is 4.27. The van der Waals surface area contributed by atoms with E-state index in [1.165, 1.54) is 0 Å². The highest BCUT2D eigenvalue weighted by Crippen LogP contribution is 2.41. The van der Waals surface area contributed by atoms with Crippen molar-refractivity contribution in [1.29, 1.82) is 0 Å². The van der Waals surface area contributed by atoms with Gasteiger partial charge in [0.2, 0.25) is 0 Å². The van der Waals surface area contributed by atoms with Crippen LogP contribution in [0.1, 0.15) is 23.2 Å². The molecule has 3 rings (SSSR count). The average Bonchev–Trinajstić information content (AvgIpc) is 2.92. The number of benzene rings is 1. The van der Waals surface area contributed by atoms with Gasteiger partial charge in [-0.25, -0.2) is 0 Å². The molecular weight excluding hydrogens is 266 g/mol. The quantitative estimate of drug-likeness (QED) is 0.754. The second-order valence-corrected chi connectivity index (χ2v) is 5.06. The first-order valence-corrected chi connectivity index (χ1v) is 6.40. The molecule has 2 aromatic heterocycles. The molecule has 0 aliphatic carbocycles. The van der Waals surface area contributed by atoms with Gasteiger partial charge < -0.3 is 19.7 Å². The van der Waals surface area contributed by atoms with Gasteiger partial charge in [0.25, 0.3) is 0 Å². The van der Waals surface area contributed by atoms with E-state index >= 15 is 0 Å². The topological polar surface area (TPSA) is 72.5 Å². The minimum absolute atomic E-state index is 0.107. The summed E-state index contributed by atoms with van der Waals surface area (Å²) in [5, 5.41) is 12.2. The SMILES string of the molecule is Cc1cc2c(C(O)CN)c3oc(C)cc3c(Cl)c2o1. The van der Waals surface area contributed by atoms with E-state index in [1.807, 2.05) is 26.0 Å². The number of halogens is 1. The van der Waals surface area contributed by atoms with Gasteiger partial charge in [0.05, 0.1) is 11.1 Å². The zero-order chi connectivity index (χ0) is 13.7. The molecule has 0 bridgehead atoms. The highest BCUT2D eigenvalue weighted by atomic mass is 35.5. The monoisotopic (exact) mass is 279 g/mol. The molecule has 0 radical (unpaired) electrons. The van der Waals surface area contributed by atoms with Crippen LogP contribution in [0.2, 0.25) is 5.02 Å². The van der Waals surface area contributed by atoms with Crippen molar-refractivity contribution in [3.05, 3.63) is 34.2 Å². The Morgan fingerprint density at radius 1 is 1.16 bits per heavy atom. The zero-order valence-electron chi connectivity index (χ0n) is 10.7. The van der Waals surface area contributed by atoms with Crippen molar-refractivity contribution in [3.63, 3.8) is 0 Å². The lowest BCUT2D eigenvalue weighted by molar-refractivity contribution is 0.188. The standard InChI is InChI=1S/C14H14ClNO3/c1-6-3-8-11(10(17)5-16)13-9(4-7(2)18-13)12(15)14(8)19-6/h3-4,10,17H,5,16H2,1-2H3. The van der Waals surface area contributed by atoms with E-state index < -0.39 is 6.10 Å². The molecule has 19 heavy (non-hydrogen) atoms. The molecule has 0 aliphatic heterocycles. The number of hydrogen-bond donors (Lipinski definition) is 2. The number of aliphatic hydroxyl groups excluding tert-OH is 1. The molecule has 1 unspecified atom stereocenters. The summed E-state index contributed by atoms with van der Waals surface area (Å²) in [6.45, 7) is 3.78. The van der Waals surface area contributed by atoms with Crippen molar-refractivity contribution in [1.82, 2.24) is 0 Å². The molecule has 2 heterocycles. The summed E-state index contributed by atoms with van der Waals surface area (Å²) >= 11 is 6.35. The molecule has 100 valence electrons. The molecule has 1 atom stereocenters. The summed E-state index contributed by atoms with van der Waals surface area (Å²) in [5.41, 5.74) is 7.37. The Labute approximate surface area is 114 Å². The van der Waals surface area contributed by atoms with Crippen LogP contribution in [-0.4, -0.2) is 11.7 Å². The predicted octanol–water partition coefficient (Wildman–Crippen LogP) is 3.44. The summed E-state index contributed by atoms with van der Waals surface area (Å²) in [5.74, 6) is 1.46. The lowest BCUT2D eigenvalue weighted by Crippen LogP contribution is -2.12. The van der Waals surface area contributed by atoms with Crippen molar-refractivity contribution in [2.75, 3.05) is 6.54 Å². The Kier molecular flexibility index (Phi) is 2.82. The Morgan fingerprint density at radius 3 is 2.37 bits per heavy atom. The summed E-state index contributed by atoms with van der Waals surface area (Å²) in [7, 11) is 0. The van der Waals surface area contributed by atoms with Gasteiger partial charge in [0.1, 0.15) is 17.1 Å².